The van der Waals surface area contributed by atoms with E-state index in [1.54, 1.807) is 18.5 Å². The Balaban J connectivity index is 2.34. The van der Waals surface area contributed by atoms with Crippen molar-refractivity contribution in [1.82, 2.24) is 9.97 Å². The van der Waals surface area contributed by atoms with Crippen LogP contribution in [0.15, 0.2) is 35.1 Å². The summed E-state index contributed by atoms with van der Waals surface area (Å²) in [6.07, 6.45) is 3.40. The minimum atomic E-state index is 0.661. The van der Waals surface area contributed by atoms with E-state index in [-0.39, 0.29) is 0 Å². The summed E-state index contributed by atoms with van der Waals surface area (Å²) in [6, 6.07) is 5.50. The molecule has 0 radical (unpaired) electrons. The van der Waals surface area contributed by atoms with Gasteiger partial charge in [-0.2, -0.15) is 0 Å². The van der Waals surface area contributed by atoms with Crippen LogP contribution in [0.5, 0.6) is 0 Å². The molecule has 0 spiro atoms. The maximum absolute atomic E-state index is 5.87. The van der Waals surface area contributed by atoms with Crippen LogP contribution < -0.4 is 11.1 Å². The summed E-state index contributed by atoms with van der Waals surface area (Å²) in [5.74, 6) is 0.733. The number of aryl methyl sites for hydroxylation is 1. The van der Waals surface area contributed by atoms with Crippen molar-refractivity contribution in [2.75, 3.05) is 11.1 Å². The number of nitrogens with zero attached hydrogens (tertiary/aromatic N) is 2. The Kier molecular flexibility index (Phi) is 3.05. The number of aromatic nitrogens is 2. The van der Waals surface area contributed by atoms with Crippen LogP contribution in [-0.2, 0) is 0 Å². The molecule has 0 aromatic carbocycles. The maximum atomic E-state index is 5.87. The summed E-state index contributed by atoms with van der Waals surface area (Å²) >= 11 is 3.39. The predicted molar refractivity (Wildman–Crippen MR) is 68.6 cm³/mol. The zero-order valence-electron chi connectivity index (χ0n) is 8.74. The number of nitrogens with one attached hydrogen (secondary N) is 1. The molecule has 0 fully saturated rings. The quantitative estimate of drug-likeness (QED) is 0.887. The zero-order chi connectivity index (χ0) is 11.5. The number of rotatable bonds is 2. The smallest absolute Gasteiger partial charge is 0.131 e. The lowest BCUT2D eigenvalue weighted by molar-refractivity contribution is 1.19. The number of pyridine rings is 2. The molecule has 0 aliphatic rings. The molecule has 4 nitrogen and oxygen atoms in total. The molecular formula is C11H11BrN4. The van der Waals surface area contributed by atoms with Crippen molar-refractivity contribution in [1.29, 1.82) is 0 Å². The highest BCUT2D eigenvalue weighted by Gasteiger charge is 2.04. The molecular weight excluding hydrogens is 268 g/mol. The van der Waals surface area contributed by atoms with Gasteiger partial charge in [0.1, 0.15) is 5.82 Å². The second kappa shape index (κ2) is 4.49. The molecule has 0 aliphatic heterocycles. The number of hydrogen-bond acceptors (Lipinski definition) is 4. The summed E-state index contributed by atoms with van der Waals surface area (Å²) in [7, 11) is 0. The van der Waals surface area contributed by atoms with E-state index in [9.17, 15) is 0 Å². The summed E-state index contributed by atoms with van der Waals surface area (Å²) in [6.45, 7) is 1.90. The van der Waals surface area contributed by atoms with E-state index >= 15 is 0 Å². The predicted octanol–water partition coefficient (Wildman–Crippen LogP) is 2.87. The van der Waals surface area contributed by atoms with E-state index in [4.69, 9.17) is 5.73 Å². The van der Waals surface area contributed by atoms with Crippen LogP contribution in [0.1, 0.15) is 5.69 Å². The normalized spacial score (nSPS) is 10.1. The van der Waals surface area contributed by atoms with Crippen molar-refractivity contribution in [3.05, 3.63) is 40.8 Å². The molecule has 82 valence electrons. The average molecular weight is 279 g/mol. The summed E-state index contributed by atoms with van der Waals surface area (Å²) in [5.41, 5.74) is 8.17. The van der Waals surface area contributed by atoms with Gasteiger partial charge in [-0.25, -0.2) is 4.98 Å². The van der Waals surface area contributed by atoms with Gasteiger partial charge in [-0.15, -0.1) is 0 Å². The molecule has 0 bridgehead atoms. The Bertz CT molecular complexity index is 493. The van der Waals surface area contributed by atoms with E-state index in [1.165, 1.54) is 0 Å². The van der Waals surface area contributed by atoms with Crippen LogP contribution >= 0.6 is 15.9 Å². The van der Waals surface area contributed by atoms with Crippen LogP contribution in [0.25, 0.3) is 0 Å². The zero-order valence-corrected chi connectivity index (χ0v) is 10.3. The fraction of sp³-hybridized carbons (Fsp3) is 0.0909. The van der Waals surface area contributed by atoms with Gasteiger partial charge in [0.15, 0.2) is 0 Å². The average Bonchev–Trinajstić information content (AvgIpc) is 2.24. The fourth-order valence-corrected chi connectivity index (χ4v) is 1.69. The van der Waals surface area contributed by atoms with E-state index in [0.717, 1.165) is 21.7 Å². The monoisotopic (exact) mass is 278 g/mol. The molecule has 16 heavy (non-hydrogen) atoms. The van der Waals surface area contributed by atoms with Crippen molar-refractivity contribution in [2.24, 2.45) is 0 Å². The Morgan fingerprint density at radius 2 is 2.00 bits per heavy atom. The number of anilines is 3. The highest BCUT2D eigenvalue weighted by Crippen LogP contribution is 2.25. The second-order valence-electron chi connectivity index (χ2n) is 3.34. The first-order valence-corrected chi connectivity index (χ1v) is 5.56. The highest BCUT2D eigenvalue weighted by molar-refractivity contribution is 9.10. The van der Waals surface area contributed by atoms with Gasteiger partial charge in [0.05, 0.1) is 17.1 Å². The molecule has 3 N–H and O–H groups in total. The fourth-order valence-electron chi connectivity index (χ4n) is 1.35. The number of nitrogen functional groups attached to an aromatic ring is 1. The van der Waals surface area contributed by atoms with Gasteiger partial charge in [-0.1, -0.05) is 15.9 Å². The molecule has 0 amide bonds. The van der Waals surface area contributed by atoms with Gasteiger partial charge in [0.2, 0.25) is 0 Å². The van der Waals surface area contributed by atoms with Crippen molar-refractivity contribution < 1.29 is 0 Å². The number of hydrogen-bond donors (Lipinski definition) is 2. The third-order valence-electron chi connectivity index (χ3n) is 2.15. The van der Waals surface area contributed by atoms with Crippen LogP contribution in [0, 0.1) is 6.92 Å². The standard InChI is InChI=1S/C11H11BrN4/c1-7-11(9(13)3-5-14-7)16-10-6-8(12)2-4-15-10/h2-6H,1H3,(H2,13,14)(H,15,16). The van der Waals surface area contributed by atoms with Crippen LogP contribution in [-0.4, -0.2) is 9.97 Å². The third-order valence-corrected chi connectivity index (χ3v) is 2.64. The first-order valence-electron chi connectivity index (χ1n) is 4.76. The highest BCUT2D eigenvalue weighted by atomic mass is 79.9. The second-order valence-corrected chi connectivity index (χ2v) is 4.26. The molecule has 5 heteroatoms. The van der Waals surface area contributed by atoms with Crippen LogP contribution in [0.2, 0.25) is 0 Å². The topological polar surface area (TPSA) is 63.8 Å². The molecule has 2 heterocycles. The van der Waals surface area contributed by atoms with Gasteiger partial charge in [-0.3, -0.25) is 4.98 Å². The van der Waals surface area contributed by atoms with Gasteiger partial charge < -0.3 is 11.1 Å². The van der Waals surface area contributed by atoms with Crippen molar-refractivity contribution in [3.63, 3.8) is 0 Å². The lowest BCUT2D eigenvalue weighted by Crippen LogP contribution is -2.01. The first-order chi connectivity index (χ1) is 7.66. The molecule has 0 unspecified atom stereocenters. The van der Waals surface area contributed by atoms with Gasteiger partial charge in [0, 0.05) is 16.9 Å². The van der Waals surface area contributed by atoms with Crippen LogP contribution in [0.4, 0.5) is 17.2 Å². The van der Waals surface area contributed by atoms with Crippen molar-refractivity contribution >= 4 is 33.1 Å². The molecule has 2 aromatic rings. The van der Waals surface area contributed by atoms with Gasteiger partial charge in [0.25, 0.3) is 0 Å². The summed E-state index contributed by atoms with van der Waals surface area (Å²) < 4.78 is 0.963. The summed E-state index contributed by atoms with van der Waals surface area (Å²) in [4.78, 5) is 8.37. The number of nitrogens with two attached hydrogens (primary N) is 1. The SMILES string of the molecule is Cc1nccc(N)c1Nc1cc(Br)ccn1. The lowest BCUT2D eigenvalue weighted by Gasteiger charge is -2.10. The number of halogens is 1. The van der Waals surface area contributed by atoms with Crippen molar-refractivity contribution in [3.8, 4) is 0 Å². The third kappa shape index (κ3) is 2.30. The van der Waals surface area contributed by atoms with E-state index < -0.39 is 0 Å². The Hall–Kier alpha value is -1.62. The molecule has 0 atom stereocenters. The molecule has 2 rings (SSSR count). The van der Waals surface area contributed by atoms with Crippen molar-refractivity contribution in [2.45, 2.75) is 6.92 Å². The molecule has 0 saturated carbocycles. The van der Waals surface area contributed by atoms with E-state index in [1.807, 2.05) is 19.1 Å². The Labute approximate surface area is 102 Å². The molecule has 2 aromatic heterocycles. The van der Waals surface area contributed by atoms with Crippen LogP contribution in [0.3, 0.4) is 0 Å². The minimum absolute atomic E-state index is 0.661. The van der Waals surface area contributed by atoms with E-state index in [2.05, 4.69) is 31.2 Å². The lowest BCUT2D eigenvalue weighted by atomic mass is 10.2. The molecule has 0 aliphatic carbocycles. The molecule has 0 saturated heterocycles. The Morgan fingerprint density at radius 3 is 2.69 bits per heavy atom. The van der Waals surface area contributed by atoms with Gasteiger partial charge in [-0.05, 0) is 25.1 Å². The van der Waals surface area contributed by atoms with E-state index in [0.29, 0.717) is 5.69 Å². The largest absolute Gasteiger partial charge is 0.397 e. The Morgan fingerprint density at radius 1 is 1.25 bits per heavy atom. The first kappa shape index (κ1) is 10.9. The van der Waals surface area contributed by atoms with Gasteiger partial charge >= 0.3 is 0 Å². The summed E-state index contributed by atoms with van der Waals surface area (Å²) in [5, 5.41) is 3.15. The minimum Gasteiger partial charge on any atom is -0.397 e. The maximum Gasteiger partial charge on any atom is 0.131 e.